The van der Waals surface area contributed by atoms with Gasteiger partial charge in [-0.2, -0.15) is 8.42 Å². The number of carbonyl (C=O) groups is 1. The standard InChI is InChI=1S/C17H24O4S/c1-14(12-15-8-4-2-5-9-15)17(18)13-21-22(19,20)16-10-6-3-7-11-16/h3,6-7,10-11,14-15H,2,4-5,8-9,12-13H2,1H3. The molecule has 0 aliphatic heterocycles. The molecule has 5 heteroatoms. The molecule has 0 heterocycles. The van der Waals surface area contributed by atoms with Crippen LogP contribution in [0.15, 0.2) is 35.2 Å². The van der Waals surface area contributed by atoms with Gasteiger partial charge < -0.3 is 0 Å². The number of ketones is 1. The number of Topliss-reactive ketones (excluding diaryl/α,β-unsaturated/α-hetero) is 1. The highest BCUT2D eigenvalue weighted by Gasteiger charge is 2.23. The van der Waals surface area contributed by atoms with Crippen molar-refractivity contribution in [1.29, 1.82) is 0 Å². The van der Waals surface area contributed by atoms with E-state index in [1.807, 2.05) is 6.92 Å². The maximum atomic E-state index is 12.1. The molecule has 0 bridgehead atoms. The van der Waals surface area contributed by atoms with Crippen LogP contribution in [-0.2, 0) is 19.1 Å². The third-order valence-electron chi connectivity index (χ3n) is 4.35. The molecule has 1 atom stereocenters. The van der Waals surface area contributed by atoms with Crippen LogP contribution < -0.4 is 0 Å². The van der Waals surface area contributed by atoms with E-state index in [0.717, 1.165) is 6.42 Å². The van der Waals surface area contributed by atoms with E-state index in [2.05, 4.69) is 0 Å². The Kier molecular flexibility index (Phi) is 6.15. The van der Waals surface area contributed by atoms with Crippen LogP contribution in [-0.4, -0.2) is 20.8 Å². The summed E-state index contributed by atoms with van der Waals surface area (Å²) < 4.78 is 28.9. The molecule has 0 aromatic heterocycles. The summed E-state index contributed by atoms with van der Waals surface area (Å²) in [4.78, 5) is 12.2. The minimum absolute atomic E-state index is 0.0859. The topological polar surface area (TPSA) is 60.4 Å². The lowest BCUT2D eigenvalue weighted by Crippen LogP contribution is -2.23. The van der Waals surface area contributed by atoms with Crippen molar-refractivity contribution in [3.05, 3.63) is 30.3 Å². The van der Waals surface area contributed by atoms with Crippen molar-refractivity contribution >= 4 is 15.9 Å². The van der Waals surface area contributed by atoms with Crippen LogP contribution in [0.4, 0.5) is 0 Å². The van der Waals surface area contributed by atoms with Crippen LogP contribution in [0.2, 0.25) is 0 Å². The molecule has 1 aliphatic carbocycles. The first kappa shape index (κ1) is 17.2. The zero-order chi connectivity index (χ0) is 16.0. The fourth-order valence-electron chi connectivity index (χ4n) is 2.99. The minimum atomic E-state index is -3.84. The van der Waals surface area contributed by atoms with Gasteiger partial charge in [-0.15, -0.1) is 0 Å². The van der Waals surface area contributed by atoms with E-state index in [9.17, 15) is 13.2 Å². The van der Waals surface area contributed by atoms with Gasteiger partial charge in [-0.1, -0.05) is 57.2 Å². The fourth-order valence-corrected chi connectivity index (χ4v) is 3.89. The SMILES string of the molecule is CC(CC1CCCCC1)C(=O)COS(=O)(=O)c1ccccc1. The lowest BCUT2D eigenvalue weighted by molar-refractivity contribution is -0.124. The van der Waals surface area contributed by atoms with Gasteiger partial charge in [0.25, 0.3) is 10.1 Å². The van der Waals surface area contributed by atoms with Crippen molar-refractivity contribution in [2.45, 2.75) is 50.3 Å². The molecule has 2 rings (SSSR count). The summed E-state index contributed by atoms with van der Waals surface area (Å²) in [6.45, 7) is 1.50. The van der Waals surface area contributed by atoms with Crippen molar-refractivity contribution in [2.75, 3.05) is 6.61 Å². The van der Waals surface area contributed by atoms with E-state index in [-0.39, 0.29) is 23.2 Å². The molecule has 1 fully saturated rings. The third kappa shape index (κ3) is 4.92. The Labute approximate surface area is 133 Å². The first-order chi connectivity index (χ1) is 10.5. The molecule has 0 spiro atoms. The second-order valence-corrected chi connectivity index (χ2v) is 7.75. The number of hydrogen-bond donors (Lipinski definition) is 0. The quantitative estimate of drug-likeness (QED) is 0.719. The lowest BCUT2D eigenvalue weighted by Gasteiger charge is -2.23. The second-order valence-electron chi connectivity index (χ2n) is 6.14. The summed E-state index contributed by atoms with van der Waals surface area (Å²) >= 11 is 0. The summed E-state index contributed by atoms with van der Waals surface area (Å²) in [6, 6.07) is 7.92. The highest BCUT2D eigenvalue weighted by molar-refractivity contribution is 7.86. The number of rotatable bonds is 7. The normalized spacial score (nSPS) is 18.0. The van der Waals surface area contributed by atoms with Gasteiger partial charge in [0.2, 0.25) is 0 Å². The van der Waals surface area contributed by atoms with Gasteiger partial charge in [-0.3, -0.25) is 8.98 Å². The average Bonchev–Trinajstić information content (AvgIpc) is 2.54. The van der Waals surface area contributed by atoms with E-state index in [0.29, 0.717) is 5.92 Å². The highest BCUT2D eigenvalue weighted by atomic mass is 32.2. The van der Waals surface area contributed by atoms with Crippen LogP contribution in [0.1, 0.15) is 45.4 Å². The third-order valence-corrected chi connectivity index (χ3v) is 5.63. The summed E-state index contributed by atoms with van der Waals surface area (Å²) in [6.07, 6.45) is 6.97. The molecule has 0 saturated heterocycles. The molecule has 1 aromatic rings. The Hall–Kier alpha value is -1.20. The molecule has 1 aromatic carbocycles. The van der Waals surface area contributed by atoms with Crippen LogP contribution in [0.3, 0.4) is 0 Å². The predicted octanol–water partition coefficient (Wildman–Crippen LogP) is 3.57. The lowest BCUT2D eigenvalue weighted by atomic mass is 9.82. The first-order valence-corrected chi connectivity index (χ1v) is 9.37. The van der Waals surface area contributed by atoms with Crippen LogP contribution in [0.5, 0.6) is 0 Å². The van der Waals surface area contributed by atoms with Crippen molar-refractivity contribution < 1.29 is 17.4 Å². The Balaban J connectivity index is 1.84. The largest absolute Gasteiger partial charge is 0.297 e. The van der Waals surface area contributed by atoms with Crippen LogP contribution in [0, 0.1) is 11.8 Å². The number of carbonyl (C=O) groups excluding carboxylic acids is 1. The molecule has 1 saturated carbocycles. The number of benzene rings is 1. The van der Waals surface area contributed by atoms with E-state index < -0.39 is 10.1 Å². The smallest absolute Gasteiger partial charge is 0.297 e. The van der Waals surface area contributed by atoms with Gasteiger partial charge in [0.15, 0.2) is 5.78 Å². The summed E-state index contributed by atoms with van der Waals surface area (Å²) in [5, 5.41) is 0. The van der Waals surface area contributed by atoms with Crippen LogP contribution in [0.25, 0.3) is 0 Å². The highest BCUT2D eigenvalue weighted by Crippen LogP contribution is 2.29. The van der Waals surface area contributed by atoms with Gasteiger partial charge in [0.05, 0.1) is 4.90 Å². The molecule has 22 heavy (non-hydrogen) atoms. The van der Waals surface area contributed by atoms with Gasteiger partial charge in [-0.05, 0) is 24.5 Å². The zero-order valence-corrected chi connectivity index (χ0v) is 13.8. The van der Waals surface area contributed by atoms with Crippen molar-refractivity contribution in [2.24, 2.45) is 11.8 Å². The van der Waals surface area contributed by atoms with Crippen molar-refractivity contribution in [3.8, 4) is 0 Å². The molecule has 4 nitrogen and oxygen atoms in total. The Morgan fingerprint density at radius 2 is 1.82 bits per heavy atom. The molecular weight excluding hydrogens is 300 g/mol. The zero-order valence-electron chi connectivity index (χ0n) is 13.0. The molecule has 0 amide bonds. The minimum Gasteiger partial charge on any atom is -0.297 e. The molecule has 0 radical (unpaired) electrons. The average molecular weight is 324 g/mol. The van der Waals surface area contributed by atoms with Gasteiger partial charge in [-0.25, -0.2) is 0 Å². The Bertz CT molecular complexity index is 574. The summed E-state index contributed by atoms with van der Waals surface area (Å²) in [5.74, 6) is 0.317. The van der Waals surface area contributed by atoms with Crippen molar-refractivity contribution in [1.82, 2.24) is 0 Å². The van der Waals surface area contributed by atoms with Gasteiger partial charge >= 0.3 is 0 Å². The van der Waals surface area contributed by atoms with Crippen LogP contribution >= 0.6 is 0 Å². The van der Waals surface area contributed by atoms with E-state index in [1.165, 1.54) is 44.2 Å². The first-order valence-electron chi connectivity index (χ1n) is 7.96. The molecule has 1 aliphatic rings. The molecule has 0 N–H and O–H groups in total. The Morgan fingerprint density at radius 3 is 2.45 bits per heavy atom. The second kappa shape index (κ2) is 7.88. The van der Waals surface area contributed by atoms with E-state index in [1.54, 1.807) is 18.2 Å². The van der Waals surface area contributed by atoms with Gasteiger partial charge in [0, 0.05) is 5.92 Å². The monoisotopic (exact) mass is 324 g/mol. The maximum absolute atomic E-state index is 12.1. The Morgan fingerprint density at radius 1 is 1.18 bits per heavy atom. The van der Waals surface area contributed by atoms with E-state index in [4.69, 9.17) is 4.18 Å². The maximum Gasteiger partial charge on any atom is 0.297 e. The van der Waals surface area contributed by atoms with Gasteiger partial charge in [0.1, 0.15) is 6.61 Å². The molecule has 122 valence electrons. The molecular formula is C17H24O4S. The summed E-state index contributed by atoms with van der Waals surface area (Å²) in [5.41, 5.74) is 0. The predicted molar refractivity (Wildman–Crippen MR) is 84.9 cm³/mol. The molecule has 1 unspecified atom stereocenters. The summed E-state index contributed by atoms with van der Waals surface area (Å²) in [7, 11) is -3.84. The fraction of sp³-hybridized carbons (Fsp3) is 0.588. The van der Waals surface area contributed by atoms with Crippen molar-refractivity contribution in [3.63, 3.8) is 0 Å². The number of hydrogen-bond acceptors (Lipinski definition) is 4. The van der Waals surface area contributed by atoms with E-state index >= 15 is 0 Å².